The van der Waals surface area contributed by atoms with E-state index in [0.29, 0.717) is 35.7 Å². The van der Waals surface area contributed by atoms with Crippen LogP contribution >= 0.6 is 0 Å². The van der Waals surface area contributed by atoms with Crippen molar-refractivity contribution in [2.45, 2.75) is 58.3 Å². The summed E-state index contributed by atoms with van der Waals surface area (Å²) in [7, 11) is 1.79. The molecule has 0 N–H and O–H groups in total. The minimum atomic E-state index is -0.0683. The molecule has 4 aliphatic rings. The highest BCUT2D eigenvalue weighted by Crippen LogP contribution is 2.64. The van der Waals surface area contributed by atoms with E-state index in [1.807, 2.05) is 6.08 Å². The van der Waals surface area contributed by atoms with Gasteiger partial charge < -0.3 is 4.74 Å². The minimum Gasteiger partial charge on any atom is -0.384 e. The van der Waals surface area contributed by atoms with Gasteiger partial charge in [0.2, 0.25) is 0 Å². The van der Waals surface area contributed by atoms with Gasteiger partial charge in [0.15, 0.2) is 5.78 Å². The summed E-state index contributed by atoms with van der Waals surface area (Å²) >= 11 is 0. The molecule has 5 atom stereocenters. The molecule has 0 radical (unpaired) electrons. The number of fused-ring (bicyclic) bond motifs is 5. The van der Waals surface area contributed by atoms with Gasteiger partial charge in [-0.15, -0.1) is 0 Å². The number of ketones is 2. The molecule has 3 unspecified atom stereocenters. The average molecular weight is 316 g/mol. The molecule has 4 aliphatic carbocycles. The molecule has 0 spiro atoms. The quantitative estimate of drug-likeness (QED) is 0.780. The first kappa shape index (κ1) is 15.6. The van der Waals surface area contributed by atoms with Crippen molar-refractivity contribution >= 4 is 11.6 Å². The number of ether oxygens (including phenoxy) is 1. The molecule has 0 saturated heterocycles. The number of Topliss-reactive ketones (excluding diaryl/α,β-unsaturated/α-hetero) is 1. The number of carbonyl (C=O) groups excluding carboxylic acids is 2. The average Bonchev–Trinajstić information content (AvgIpc) is 2.84. The molecule has 3 saturated carbocycles. The molecule has 3 heteroatoms. The fraction of sp³-hybridized carbons (Fsp3) is 0.800. The highest BCUT2D eigenvalue weighted by Gasteiger charge is 2.60. The van der Waals surface area contributed by atoms with E-state index >= 15 is 0 Å². The van der Waals surface area contributed by atoms with Gasteiger partial charge >= 0.3 is 0 Å². The summed E-state index contributed by atoms with van der Waals surface area (Å²) in [5, 5.41) is 0. The lowest BCUT2D eigenvalue weighted by molar-refractivity contribution is -0.134. The molecule has 0 amide bonds. The molecule has 126 valence electrons. The summed E-state index contributed by atoms with van der Waals surface area (Å²) in [5.41, 5.74) is 1.35. The zero-order valence-electron chi connectivity index (χ0n) is 14.4. The molecule has 0 aliphatic heterocycles. The maximum Gasteiger partial charge on any atom is 0.155 e. The SMILES string of the molecule is COCC12CCC(=O)C=C1CCC1[C@@H]3CCC(=O)C3(C)CC[C@@H]12. The Morgan fingerprint density at radius 1 is 1.09 bits per heavy atom. The van der Waals surface area contributed by atoms with Crippen molar-refractivity contribution in [3.8, 4) is 0 Å². The minimum absolute atomic E-state index is 0.0680. The summed E-state index contributed by atoms with van der Waals surface area (Å²) in [6, 6.07) is 0. The molecule has 4 rings (SSSR count). The van der Waals surface area contributed by atoms with E-state index < -0.39 is 0 Å². The molecule has 0 bridgehead atoms. The van der Waals surface area contributed by atoms with Crippen LogP contribution in [-0.4, -0.2) is 25.3 Å². The number of carbonyl (C=O) groups is 2. The lowest BCUT2D eigenvalue weighted by atomic mass is 9.47. The lowest BCUT2D eigenvalue weighted by Crippen LogP contribution is -2.53. The number of hydrogen-bond donors (Lipinski definition) is 0. The van der Waals surface area contributed by atoms with Gasteiger partial charge in [-0.25, -0.2) is 0 Å². The maximum atomic E-state index is 12.5. The molecular formula is C20H28O3. The van der Waals surface area contributed by atoms with Gasteiger partial charge in [-0.2, -0.15) is 0 Å². The summed E-state index contributed by atoms with van der Waals surface area (Å²) in [6.45, 7) is 2.96. The molecule has 3 nitrogen and oxygen atoms in total. The maximum absolute atomic E-state index is 12.5. The van der Waals surface area contributed by atoms with Crippen LogP contribution in [0.2, 0.25) is 0 Å². The second kappa shape index (κ2) is 5.27. The molecular weight excluding hydrogens is 288 g/mol. The van der Waals surface area contributed by atoms with Crippen LogP contribution < -0.4 is 0 Å². The molecule has 23 heavy (non-hydrogen) atoms. The first-order chi connectivity index (χ1) is 11.0. The van der Waals surface area contributed by atoms with Crippen molar-refractivity contribution < 1.29 is 14.3 Å². The van der Waals surface area contributed by atoms with Crippen LogP contribution in [0.1, 0.15) is 58.3 Å². The first-order valence-corrected chi connectivity index (χ1v) is 9.27. The highest BCUT2D eigenvalue weighted by molar-refractivity contribution is 5.91. The Balaban J connectivity index is 1.72. The first-order valence-electron chi connectivity index (χ1n) is 9.27. The Hall–Kier alpha value is -0.960. The third kappa shape index (κ3) is 2.05. The third-order valence-electron chi connectivity index (χ3n) is 7.80. The van der Waals surface area contributed by atoms with Gasteiger partial charge in [-0.3, -0.25) is 9.59 Å². The summed E-state index contributed by atoms with van der Waals surface area (Å²) in [6.07, 6.45) is 9.75. The van der Waals surface area contributed by atoms with Gasteiger partial charge in [0, 0.05) is 30.8 Å². The van der Waals surface area contributed by atoms with Gasteiger partial charge in [-0.1, -0.05) is 12.5 Å². The Morgan fingerprint density at radius 2 is 1.91 bits per heavy atom. The molecule has 0 aromatic rings. The number of rotatable bonds is 2. The van der Waals surface area contributed by atoms with Crippen molar-refractivity contribution in [2.75, 3.05) is 13.7 Å². The van der Waals surface area contributed by atoms with Crippen LogP contribution in [0.25, 0.3) is 0 Å². The van der Waals surface area contributed by atoms with Gasteiger partial charge in [0.05, 0.1) is 6.61 Å². The van der Waals surface area contributed by atoms with Gasteiger partial charge in [0.1, 0.15) is 5.78 Å². The zero-order chi connectivity index (χ0) is 16.2. The van der Waals surface area contributed by atoms with E-state index in [1.165, 1.54) is 5.57 Å². The molecule has 0 aromatic carbocycles. The van der Waals surface area contributed by atoms with Crippen LogP contribution in [0, 0.1) is 28.6 Å². The largest absolute Gasteiger partial charge is 0.384 e. The molecule has 3 fully saturated rings. The smallest absolute Gasteiger partial charge is 0.155 e. The van der Waals surface area contributed by atoms with E-state index in [2.05, 4.69) is 6.92 Å². The predicted octanol–water partition coefficient (Wildman–Crippen LogP) is 3.71. The van der Waals surface area contributed by atoms with Crippen LogP contribution in [0.15, 0.2) is 11.6 Å². The van der Waals surface area contributed by atoms with Crippen molar-refractivity contribution in [1.82, 2.24) is 0 Å². The Labute approximate surface area is 138 Å². The van der Waals surface area contributed by atoms with Crippen molar-refractivity contribution in [3.63, 3.8) is 0 Å². The monoisotopic (exact) mass is 316 g/mol. The van der Waals surface area contributed by atoms with E-state index in [-0.39, 0.29) is 10.8 Å². The standard InChI is InChI=1S/C20H28O3/c1-19-9-8-17-15(16(19)5-6-18(19)22)4-3-13-11-14(21)7-10-20(13,17)12-23-2/h11,15-17H,3-10,12H2,1-2H3/t15?,16-,17-,19?,20?/m0/s1. The summed E-state index contributed by atoms with van der Waals surface area (Å²) in [4.78, 5) is 24.4. The van der Waals surface area contributed by atoms with Gasteiger partial charge in [0.25, 0.3) is 0 Å². The van der Waals surface area contributed by atoms with Crippen molar-refractivity contribution in [2.24, 2.45) is 28.6 Å². The molecule has 0 aromatic heterocycles. The fourth-order valence-corrected chi connectivity index (χ4v) is 6.66. The van der Waals surface area contributed by atoms with Crippen LogP contribution in [0.3, 0.4) is 0 Å². The van der Waals surface area contributed by atoms with Crippen LogP contribution in [-0.2, 0) is 14.3 Å². The summed E-state index contributed by atoms with van der Waals surface area (Å²) in [5.74, 6) is 2.59. The lowest BCUT2D eigenvalue weighted by Gasteiger charge is -2.57. The number of methoxy groups -OCH3 is 1. The van der Waals surface area contributed by atoms with Crippen LogP contribution in [0.5, 0.6) is 0 Å². The number of hydrogen-bond acceptors (Lipinski definition) is 3. The second-order valence-electron chi connectivity index (χ2n) is 8.56. The predicted molar refractivity (Wildman–Crippen MR) is 87.9 cm³/mol. The normalized spacial score (nSPS) is 46.0. The van der Waals surface area contributed by atoms with Crippen molar-refractivity contribution in [1.29, 1.82) is 0 Å². The van der Waals surface area contributed by atoms with E-state index in [9.17, 15) is 9.59 Å². The second-order valence-corrected chi connectivity index (χ2v) is 8.56. The Kier molecular flexibility index (Phi) is 3.57. The Bertz CT molecular complexity index is 577. The van der Waals surface area contributed by atoms with E-state index in [1.54, 1.807) is 7.11 Å². The van der Waals surface area contributed by atoms with E-state index in [4.69, 9.17) is 4.74 Å². The zero-order valence-corrected chi connectivity index (χ0v) is 14.4. The Morgan fingerprint density at radius 3 is 2.70 bits per heavy atom. The topological polar surface area (TPSA) is 43.4 Å². The third-order valence-corrected chi connectivity index (χ3v) is 7.80. The van der Waals surface area contributed by atoms with E-state index in [0.717, 1.165) is 51.6 Å². The van der Waals surface area contributed by atoms with Crippen LogP contribution in [0.4, 0.5) is 0 Å². The fourth-order valence-electron chi connectivity index (χ4n) is 6.66. The highest BCUT2D eigenvalue weighted by atomic mass is 16.5. The van der Waals surface area contributed by atoms with Gasteiger partial charge in [-0.05, 0) is 62.4 Å². The summed E-state index contributed by atoms with van der Waals surface area (Å²) < 4.78 is 5.66. The van der Waals surface area contributed by atoms with Crippen molar-refractivity contribution in [3.05, 3.63) is 11.6 Å². The molecule has 0 heterocycles.